The van der Waals surface area contributed by atoms with Gasteiger partial charge in [0.2, 0.25) is 17.6 Å². The van der Waals surface area contributed by atoms with E-state index in [1.807, 2.05) is 0 Å². The van der Waals surface area contributed by atoms with E-state index in [9.17, 15) is 4.79 Å². The van der Waals surface area contributed by atoms with E-state index < -0.39 is 0 Å². The second-order valence-corrected chi connectivity index (χ2v) is 7.13. The Labute approximate surface area is 163 Å². The topological polar surface area (TPSA) is 84.4 Å². The minimum Gasteiger partial charge on any atom is -0.461 e. The van der Waals surface area contributed by atoms with Gasteiger partial charge in [0.25, 0.3) is 0 Å². The molecule has 7 nitrogen and oxygen atoms in total. The van der Waals surface area contributed by atoms with Gasteiger partial charge in [-0.3, -0.25) is 9.69 Å². The van der Waals surface area contributed by atoms with E-state index in [2.05, 4.69) is 51.5 Å². The molecule has 0 bridgehead atoms. The molecule has 0 spiro atoms. The number of nitrogens with one attached hydrogen (secondary N) is 1. The van der Waals surface area contributed by atoms with Crippen LogP contribution in [0.4, 0.5) is 0 Å². The fourth-order valence-electron chi connectivity index (χ4n) is 3.46. The van der Waals surface area contributed by atoms with Crippen LogP contribution in [0.15, 0.2) is 51.6 Å². The van der Waals surface area contributed by atoms with Crippen molar-refractivity contribution in [2.75, 3.05) is 13.1 Å². The van der Waals surface area contributed by atoms with Gasteiger partial charge >= 0.3 is 0 Å². The Morgan fingerprint density at radius 1 is 1.25 bits per heavy atom. The first-order chi connectivity index (χ1) is 13.7. The molecule has 0 aliphatic carbocycles. The summed E-state index contributed by atoms with van der Waals surface area (Å²) in [5.74, 6) is 1.38. The molecule has 1 aliphatic heterocycles. The number of rotatable bonds is 7. The molecule has 1 unspecified atom stereocenters. The van der Waals surface area contributed by atoms with E-state index in [1.165, 1.54) is 11.1 Å². The number of amides is 1. The SMILES string of the molecule is CC(CNC(=O)CCc1nc(-c2ccco2)no1)N1CCc2ccccc2C1. The predicted octanol–water partition coefficient (Wildman–Crippen LogP) is 2.83. The van der Waals surface area contributed by atoms with Crippen LogP contribution in [0.2, 0.25) is 0 Å². The van der Waals surface area contributed by atoms with Crippen molar-refractivity contribution in [2.45, 2.75) is 38.8 Å². The van der Waals surface area contributed by atoms with Gasteiger partial charge in [-0.2, -0.15) is 4.98 Å². The quantitative estimate of drug-likeness (QED) is 0.678. The van der Waals surface area contributed by atoms with Crippen molar-refractivity contribution in [2.24, 2.45) is 0 Å². The van der Waals surface area contributed by atoms with E-state index in [-0.39, 0.29) is 11.9 Å². The average Bonchev–Trinajstić information content (AvgIpc) is 3.41. The summed E-state index contributed by atoms with van der Waals surface area (Å²) < 4.78 is 10.4. The van der Waals surface area contributed by atoms with Gasteiger partial charge in [-0.25, -0.2) is 0 Å². The van der Waals surface area contributed by atoms with Crippen molar-refractivity contribution in [3.63, 3.8) is 0 Å². The third kappa shape index (κ3) is 4.31. The van der Waals surface area contributed by atoms with Crippen LogP contribution < -0.4 is 5.32 Å². The van der Waals surface area contributed by atoms with Gasteiger partial charge in [-0.1, -0.05) is 29.4 Å². The molecular formula is C21H24N4O3. The van der Waals surface area contributed by atoms with E-state index in [1.54, 1.807) is 18.4 Å². The van der Waals surface area contributed by atoms with Gasteiger partial charge in [-0.15, -0.1) is 0 Å². The number of fused-ring (bicyclic) bond motifs is 1. The molecule has 2 aromatic heterocycles. The molecule has 1 atom stereocenters. The minimum absolute atomic E-state index is 0.0120. The van der Waals surface area contributed by atoms with Gasteiger partial charge in [-0.05, 0) is 36.6 Å². The summed E-state index contributed by atoms with van der Waals surface area (Å²) in [6.07, 6.45) is 3.34. The maximum Gasteiger partial charge on any atom is 0.238 e. The van der Waals surface area contributed by atoms with Crippen LogP contribution in [-0.4, -0.2) is 40.1 Å². The Morgan fingerprint density at radius 3 is 2.93 bits per heavy atom. The Hall–Kier alpha value is -2.93. The normalized spacial score (nSPS) is 15.2. The van der Waals surface area contributed by atoms with Crippen molar-refractivity contribution in [3.05, 3.63) is 59.7 Å². The molecule has 1 aliphatic rings. The minimum atomic E-state index is -0.0120. The maximum atomic E-state index is 12.2. The van der Waals surface area contributed by atoms with Crippen LogP contribution in [-0.2, 0) is 24.2 Å². The Balaban J connectivity index is 1.21. The van der Waals surface area contributed by atoms with Crippen molar-refractivity contribution in [1.82, 2.24) is 20.4 Å². The molecule has 4 rings (SSSR count). The van der Waals surface area contributed by atoms with Gasteiger partial charge < -0.3 is 14.3 Å². The number of carbonyl (C=O) groups excluding carboxylic acids is 1. The van der Waals surface area contributed by atoms with E-state index >= 15 is 0 Å². The van der Waals surface area contributed by atoms with E-state index in [4.69, 9.17) is 8.94 Å². The molecule has 28 heavy (non-hydrogen) atoms. The summed E-state index contributed by atoms with van der Waals surface area (Å²) in [6, 6.07) is 12.4. The Bertz CT molecular complexity index is 919. The predicted molar refractivity (Wildman–Crippen MR) is 103 cm³/mol. The van der Waals surface area contributed by atoms with Crippen molar-refractivity contribution in [1.29, 1.82) is 0 Å². The highest BCUT2D eigenvalue weighted by atomic mass is 16.5. The second kappa shape index (κ2) is 8.39. The third-order valence-electron chi connectivity index (χ3n) is 5.15. The van der Waals surface area contributed by atoms with Gasteiger partial charge in [0.05, 0.1) is 6.26 Å². The summed E-state index contributed by atoms with van der Waals surface area (Å²) in [4.78, 5) is 18.9. The number of carbonyl (C=O) groups is 1. The summed E-state index contributed by atoms with van der Waals surface area (Å²) in [5.41, 5.74) is 2.82. The summed E-state index contributed by atoms with van der Waals surface area (Å²) in [6.45, 7) is 4.74. The highest BCUT2D eigenvalue weighted by Crippen LogP contribution is 2.20. The van der Waals surface area contributed by atoms with Crippen LogP contribution in [0, 0.1) is 0 Å². The van der Waals surface area contributed by atoms with Gasteiger partial charge in [0, 0.05) is 38.5 Å². The van der Waals surface area contributed by atoms with Crippen molar-refractivity contribution in [3.8, 4) is 11.6 Å². The Morgan fingerprint density at radius 2 is 2.11 bits per heavy atom. The summed E-state index contributed by atoms with van der Waals surface area (Å²) in [5, 5.41) is 6.89. The number of furan rings is 1. The zero-order valence-electron chi connectivity index (χ0n) is 15.9. The molecule has 7 heteroatoms. The maximum absolute atomic E-state index is 12.2. The molecule has 1 aromatic carbocycles. The first-order valence-corrected chi connectivity index (χ1v) is 9.63. The lowest BCUT2D eigenvalue weighted by molar-refractivity contribution is -0.121. The lowest BCUT2D eigenvalue weighted by Gasteiger charge is -2.33. The molecule has 146 valence electrons. The molecule has 0 saturated heterocycles. The zero-order valence-corrected chi connectivity index (χ0v) is 15.9. The molecular weight excluding hydrogens is 356 g/mol. The van der Waals surface area contributed by atoms with Crippen LogP contribution in [0.1, 0.15) is 30.4 Å². The molecule has 1 N–H and O–H groups in total. The number of hydrogen-bond donors (Lipinski definition) is 1. The highest BCUT2D eigenvalue weighted by Gasteiger charge is 2.20. The second-order valence-electron chi connectivity index (χ2n) is 7.13. The molecule has 0 radical (unpaired) electrons. The fourth-order valence-corrected chi connectivity index (χ4v) is 3.46. The summed E-state index contributed by atoms with van der Waals surface area (Å²) in [7, 11) is 0. The molecule has 0 fully saturated rings. The highest BCUT2D eigenvalue weighted by molar-refractivity contribution is 5.76. The lowest BCUT2D eigenvalue weighted by Crippen LogP contribution is -2.44. The standard InChI is InChI=1S/C21H24N4O3/c1-15(25-11-10-16-5-2-3-6-17(16)14-25)13-22-19(26)8-9-20-23-21(24-28-20)18-7-4-12-27-18/h2-7,12,15H,8-11,13-14H2,1H3,(H,22,26). The first kappa shape index (κ1) is 18.4. The average molecular weight is 380 g/mol. The number of aryl methyl sites for hydroxylation is 1. The first-order valence-electron chi connectivity index (χ1n) is 9.63. The third-order valence-corrected chi connectivity index (χ3v) is 5.15. The van der Waals surface area contributed by atoms with Crippen LogP contribution in [0.25, 0.3) is 11.6 Å². The molecule has 3 aromatic rings. The summed E-state index contributed by atoms with van der Waals surface area (Å²) >= 11 is 0. The van der Waals surface area contributed by atoms with Gasteiger partial charge in [0.15, 0.2) is 5.76 Å². The van der Waals surface area contributed by atoms with E-state index in [0.717, 1.165) is 19.5 Å². The monoisotopic (exact) mass is 380 g/mol. The van der Waals surface area contributed by atoms with Gasteiger partial charge in [0.1, 0.15) is 0 Å². The number of benzene rings is 1. The lowest BCUT2D eigenvalue weighted by atomic mass is 9.99. The number of nitrogens with zero attached hydrogens (tertiary/aromatic N) is 3. The molecule has 0 saturated carbocycles. The Kier molecular flexibility index (Phi) is 5.53. The van der Waals surface area contributed by atoms with Crippen LogP contribution in [0.3, 0.4) is 0 Å². The molecule has 3 heterocycles. The smallest absolute Gasteiger partial charge is 0.238 e. The largest absolute Gasteiger partial charge is 0.461 e. The number of hydrogen-bond acceptors (Lipinski definition) is 6. The number of aromatic nitrogens is 2. The zero-order chi connectivity index (χ0) is 19.3. The van der Waals surface area contributed by atoms with E-state index in [0.29, 0.717) is 36.9 Å². The fraction of sp³-hybridized carbons (Fsp3) is 0.381. The molecule has 1 amide bonds. The van der Waals surface area contributed by atoms with Crippen molar-refractivity contribution >= 4 is 5.91 Å². The van der Waals surface area contributed by atoms with Crippen molar-refractivity contribution < 1.29 is 13.7 Å². The van der Waals surface area contributed by atoms with Crippen LogP contribution in [0.5, 0.6) is 0 Å². The van der Waals surface area contributed by atoms with Crippen LogP contribution >= 0.6 is 0 Å².